The lowest BCUT2D eigenvalue weighted by Crippen LogP contribution is -2.44. The van der Waals surface area contributed by atoms with Gasteiger partial charge in [0.15, 0.2) is 5.82 Å². The predicted molar refractivity (Wildman–Crippen MR) is 151 cm³/mol. The van der Waals surface area contributed by atoms with E-state index in [0.29, 0.717) is 48.9 Å². The molecule has 0 spiro atoms. The summed E-state index contributed by atoms with van der Waals surface area (Å²) >= 11 is 0. The molecule has 1 saturated heterocycles. The summed E-state index contributed by atoms with van der Waals surface area (Å²) in [5.74, 6) is 1.86. The Kier molecular flexibility index (Phi) is 9.14. The van der Waals surface area contributed by atoms with Crippen LogP contribution in [0.5, 0.6) is 11.5 Å². The zero-order chi connectivity index (χ0) is 27.8. The summed E-state index contributed by atoms with van der Waals surface area (Å²) in [4.78, 5) is 31.7. The third-order valence-corrected chi connectivity index (χ3v) is 6.77. The van der Waals surface area contributed by atoms with E-state index in [1.54, 1.807) is 37.3 Å². The Hall–Kier alpha value is -4.40. The first-order chi connectivity index (χ1) is 18.9. The van der Waals surface area contributed by atoms with Crippen LogP contribution in [0.4, 0.5) is 5.82 Å². The zero-order valence-electron chi connectivity index (χ0n) is 22.8. The number of carbonyl (C=O) groups is 2. The van der Waals surface area contributed by atoms with Crippen LogP contribution in [0.3, 0.4) is 0 Å². The number of nitrogens with zero attached hydrogens (tertiary/aromatic N) is 5. The summed E-state index contributed by atoms with van der Waals surface area (Å²) in [7, 11) is 3.22. The SMILES string of the molecule is C=CCN(CC(=O)N1CCCN(c2ccc(-c3ccc(OC)cc3OC)nn2)CC1)C(=O)c1ccc(C)cc1. The average Bonchev–Trinajstić information content (AvgIpc) is 3.23. The van der Waals surface area contributed by atoms with Gasteiger partial charge in [0, 0.05) is 49.9 Å². The zero-order valence-corrected chi connectivity index (χ0v) is 22.8. The fourth-order valence-electron chi connectivity index (χ4n) is 4.56. The predicted octanol–water partition coefficient (Wildman–Crippen LogP) is 3.84. The number of methoxy groups -OCH3 is 2. The van der Waals surface area contributed by atoms with E-state index in [-0.39, 0.29) is 18.4 Å². The number of aryl methyl sites for hydroxylation is 1. The molecule has 39 heavy (non-hydrogen) atoms. The largest absolute Gasteiger partial charge is 0.497 e. The van der Waals surface area contributed by atoms with Crippen molar-refractivity contribution in [2.75, 3.05) is 58.4 Å². The first-order valence-corrected chi connectivity index (χ1v) is 13.0. The quantitative estimate of drug-likeness (QED) is 0.389. The van der Waals surface area contributed by atoms with Crippen molar-refractivity contribution in [3.63, 3.8) is 0 Å². The Morgan fingerprint density at radius 2 is 1.77 bits per heavy atom. The lowest BCUT2D eigenvalue weighted by molar-refractivity contribution is -0.131. The third-order valence-electron chi connectivity index (χ3n) is 6.77. The average molecular weight is 530 g/mol. The molecule has 0 aliphatic carbocycles. The van der Waals surface area contributed by atoms with E-state index in [4.69, 9.17) is 9.47 Å². The molecule has 2 heterocycles. The number of benzene rings is 2. The normalized spacial score (nSPS) is 13.4. The van der Waals surface area contributed by atoms with Gasteiger partial charge in [-0.3, -0.25) is 9.59 Å². The molecule has 4 rings (SSSR count). The van der Waals surface area contributed by atoms with E-state index in [1.165, 1.54) is 0 Å². The first kappa shape index (κ1) is 27.6. The maximum atomic E-state index is 13.2. The number of rotatable bonds is 9. The van der Waals surface area contributed by atoms with Crippen molar-refractivity contribution in [3.05, 3.63) is 78.4 Å². The molecule has 1 aromatic heterocycles. The molecule has 0 bridgehead atoms. The molecule has 0 radical (unpaired) electrons. The van der Waals surface area contributed by atoms with Crippen LogP contribution in [0.15, 0.2) is 67.3 Å². The van der Waals surface area contributed by atoms with Gasteiger partial charge in [0.25, 0.3) is 5.91 Å². The van der Waals surface area contributed by atoms with Crippen LogP contribution in [0.25, 0.3) is 11.3 Å². The van der Waals surface area contributed by atoms with Gasteiger partial charge in [-0.2, -0.15) is 0 Å². The van der Waals surface area contributed by atoms with Gasteiger partial charge in [-0.25, -0.2) is 0 Å². The first-order valence-electron chi connectivity index (χ1n) is 13.0. The second kappa shape index (κ2) is 12.9. The highest BCUT2D eigenvalue weighted by Crippen LogP contribution is 2.32. The smallest absolute Gasteiger partial charge is 0.254 e. The number of ether oxygens (including phenoxy) is 2. The number of hydrogen-bond donors (Lipinski definition) is 0. The number of aromatic nitrogens is 2. The molecule has 1 aliphatic heterocycles. The Morgan fingerprint density at radius 1 is 0.974 bits per heavy atom. The second-order valence-corrected chi connectivity index (χ2v) is 9.40. The molecule has 2 aromatic carbocycles. The molecule has 1 aliphatic rings. The topological polar surface area (TPSA) is 88.1 Å². The van der Waals surface area contributed by atoms with Crippen LogP contribution < -0.4 is 14.4 Å². The van der Waals surface area contributed by atoms with Crippen molar-refractivity contribution in [2.24, 2.45) is 0 Å². The molecule has 1 fully saturated rings. The van der Waals surface area contributed by atoms with Gasteiger partial charge in [0.2, 0.25) is 5.91 Å². The van der Waals surface area contributed by atoms with Crippen LogP contribution in [-0.2, 0) is 4.79 Å². The van der Waals surface area contributed by atoms with Crippen molar-refractivity contribution in [1.29, 1.82) is 0 Å². The van der Waals surface area contributed by atoms with Gasteiger partial charge in [-0.1, -0.05) is 23.8 Å². The highest BCUT2D eigenvalue weighted by molar-refractivity contribution is 5.96. The molecule has 0 saturated carbocycles. The Morgan fingerprint density at radius 3 is 2.44 bits per heavy atom. The molecule has 204 valence electrons. The van der Waals surface area contributed by atoms with Gasteiger partial charge in [-0.15, -0.1) is 16.8 Å². The minimum Gasteiger partial charge on any atom is -0.497 e. The van der Waals surface area contributed by atoms with E-state index in [2.05, 4.69) is 21.7 Å². The number of amides is 2. The van der Waals surface area contributed by atoms with Crippen LogP contribution >= 0.6 is 0 Å². The number of hydrogen-bond acceptors (Lipinski definition) is 7. The number of carbonyl (C=O) groups excluding carboxylic acids is 2. The molecule has 2 amide bonds. The van der Waals surface area contributed by atoms with Crippen molar-refractivity contribution >= 4 is 17.6 Å². The van der Waals surface area contributed by atoms with E-state index in [1.807, 2.05) is 54.3 Å². The monoisotopic (exact) mass is 529 g/mol. The minimum absolute atomic E-state index is 0.0108. The van der Waals surface area contributed by atoms with Crippen LogP contribution in [-0.4, -0.2) is 85.3 Å². The molecular weight excluding hydrogens is 494 g/mol. The maximum Gasteiger partial charge on any atom is 0.254 e. The highest BCUT2D eigenvalue weighted by atomic mass is 16.5. The Balaban J connectivity index is 1.39. The summed E-state index contributed by atoms with van der Waals surface area (Å²) in [6.07, 6.45) is 2.43. The fraction of sp³-hybridized carbons (Fsp3) is 0.333. The lowest BCUT2D eigenvalue weighted by atomic mass is 10.1. The van der Waals surface area contributed by atoms with E-state index in [9.17, 15) is 9.59 Å². The van der Waals surface area contributed by atoms with Gasteiger partial charge < -0.3 is 24.2 Å². The molecule has 0 N–H and O–H groups in total. The summed E-state index contributed by atoms with van der Waals surface area (Å²) in [5, 5.41) is 8.91. The van der Waals surface area contributed by atoms with Crippen molar-refractivity contribution in [1.82, 2.24) is 20.0 Å². The van der Waals surface area contributed by atoms with Gasteiger partial charge in [0.05, 0.1) is 19.9 Å². The minimum atomic E-state index is -0.177. The summed E-state index contributed by atoms with van der Waals surface area (Å²) in [5.41, 5.74) is 3.16. The number of anilines is 1. The van der Waals surface area contributed by atoms with Crippen LogP contribution in [0.1, 0.15) is 22.3 Å². The fourth-order valence-corrected chi connectivity index (χ4v) is 4.56. The molecule has 3 aromatic rings. The Bertz CT molecular complexity index is 1290. The van der Waals surface area contributed by atoms with E-state index >= 15 is 0 Å². The molecule has 9 nitrogen and oxygen atoms in total. The van der Waals surface area contributed by atoms with Crippen LogP contribution in [0, 0.1) is 6.92 Å². The van der Waals surface area contributed by atoms with Crippen molar-refractivity contribution in [2.45, 2.75) is 13.3 Å². The molecular formula is C30H35N5O4. The van der Waals surface area contributed by atoms with E-state index < -0.39 is 0 Å². The molecule has 0 unspecified atom stereocenters. The highest BCUT2D eigenvalue weighted by Gasteiger charge is 2.24. The summed E-state index contributed by atoms with van der Waals surface area (Å²) in [6.45, 7) is 8.58. The molecule has 9 heteroatoms. The van der Waals surface area contributed by atoms with Gasteiger partial charge >= 0.3 is 0 Å². The second-order valence-electron chi connectivity index (χ2n) is 9.40. The standard InChI is InChI=1S/C30H35N5O4/c1-5-15-35(30(37)23-9-7-22(2)8-10-23)21-29(36)34-17-6-16-33(18-19-34)28-14-13-26(31-32-28)25-12-11-24(38-3)20-27(25)39-4/h5,7-14,20H,1,6,15-19,21H2,2-4H3. The Labute approximate surface area is 229 Å². The lowest BCUT2D eigenvalue weighted by Gasteiger charge is -2.26. The third kappa shape index (κ3) is 6.73. The van der Waals surface area contributed by atoms with Gasteiger partial charge in [-0.05, 0) is 49.7 Å². The van der Waals surface area contributed by atoms with Crippen molar-refractivity contribution in [3.8, 4) is 22.8 Å². The van der Waals surface area contributed by atoms with Gasteiger partial charge in [0.1, 0.15) is 18.0 Å². The van der Waals surface area contributed by atoms with Crippen LogP contribution in [0.2, 0.25) is 0 Å². The molecule has 0 atom stereocenters. The summed E-state index contributed by atoms with van der Waals surface area (Å²) in [6, 6.07) is 16.8. The summed E-state index contributed by atoms with van der Waals surface area (Å²) < 4.78 is 10.8. The van der Waals surface area contributed by atoms with Crippen molar-refractivity contribution < 1.29 is 19.1 Å². The maximum absolute atomic E-state index is 13.2. The van der Waals surface area contributed by atoms with E-state index in [0.717, 1.165) is 29.9 Å².